The fraction of sp³-hybridized carbons (Fsp3) is 0.118. The molecule has 0 aliphatic carbocycles. The largest absolute Gasteiger partial charge is 0.352 e. The molecular formula is C17H14ClN3O2. The molecule has 0 saturated carbocycles. The quantitative estimate of drug-likeness (QED) is 0.885. The van der Waals surface area contributed by atoms with E-state index in [0.717, 1.165) is 0 Å². The minimum Gasteiger partial charge on any atom is -0.352 e. The van der Waals surface area contributed by atoms with Crippen LogP contribution in [0.3, 0.4) is 0 Å². The first-order valence-corrected chi connectivity index (χ1v) is 7.30. The molecule has 0 atom stereocenters. The molecule has 0 bridgehead atoms. The van der Waals surface area contributed by atoms with E-state index in [1.807, 2.05) is 12.1 Å². The normalized spacial score (nSPS) is 9.74. The highest BCUT2D eigenvalue weighted by atomic mass is 35.5. The second-order valence-electron chi connectivity index (χ2n) is 4.73. The minimum atomic E-state index is -0.251. The van der Waals surface area contributed by atoms with Gasteiger partial charge in [-0.15, -0.1) is 0 Å². The Balaban J connectivity index is 1.81. The second kappa shape index (κ2) is 7.97. The monoisotopic (exact) mass is 327 g/mol. The third-order valence-electron chi connectivity index (χ3n) is 3.05. The molecule has 2 rings (SSSR count). The molecule has 0 spiro atoms. The Bertz CT molecular complexity index is 754. The average Bonchev–Trinajstić information content (AvgIpc) is 2.55. The van der Waals surface area contributed by atoms with Gasteiger partial charge >= 0.3 is 0 Å². The molecule has 0 fully saturated rings. The molecule has 0 heterocycles. The lowest BCUT2D eigenvalue weighted by Gasteiger charge is -2.07. The number of anilines is 1. The zero-order valence-corrected chi connectivity index (χ0v) is 12.9. The molecule has 23 heavy (non-hydrogen) atoms. The van der Waals surface area contributed by atoms with Crippen LogP contribution in [0.4, 0.5) is 5.69 Å². The van der Waals surface area contributed by atoms with Gasteiger partial charge in [0.1, 0.15) is 6.07 Å². The van der Waals surface area contributed by atoms with Gasteiger partial charge in [0.25, 0.3) is 5.91 Å². The predicted octanol–water partition coefficient (Wildman–Crippen LogP) is 2.97. The zero-order valence-electron chi connectivity index (χ0n) is 12.2. The second-order valence-corrected chi connectivity index (χ2v) is 5.13. The van der Waals surface area contributed by atoms with Crippen LogP contribution in [-0.4, -0.2) is 18.4 Å². The minimum absolute atomic E-state index is 0.135. The molecule has 116 valence electrons. The number of nitrogens with one attached hydrogen (secondary N) is 2. The van der Waals surface area contributed by atoms with E-state index in [1.54, 1.807) is 30.3 Å². The van der Waals surface area contributed by atoms with Crippen molar-refractivity contribution in [1.29, 1.82) is 5.26 Å². The number of amides is 2. The van der Waals surface area contributed by atoms with Crippen LogP contribution >= 0.6 is 11.6 Å². The third kappa shape index (κ3) is 4.83. The predicted molar refractivity (Wildman–Crippen MR) is 88.2 cm³/mol. The van der Waals surface area contributed by atoms with E-state index in [0.29, 0.717) is 16.8 Å². The lowest BCUT2D eigenvalue weighted by molar-refractivity contribution is -0.116. The number of nitriles is 1. The van der Waals surface area contributed by atoms with Gasteiger partial charge in [-0.2, -0.15) is 5.26 Å². The van der Waals surface area contributed by atoms with Crippen molar-refractivity contribution in [2.45, 2.75) is 6.42 Å². The van der Waals surface area contributed by atoms with E-state index in [9.17, 15) is 9.59 Å². The number of hydrogen-bond acceptors (Lipinski definition) is 3. The van der Waals surface area contributed by atoms with Crippen LogP contribution in [0.15, 0.2) is 48.5 Å². The summed E-state index contributed by atoms with van der Waals surface area (Å²) in [5.41, 5.74) is 1.40. The van der Waals surface area contributed by atoms with Crippen LogP contribution in [0.2, 0.25) is 5.02 Å². The van der Waals surface area contributed by atoms with Crippen molar-refractivity contribution in [2.24, 2.45) is 0 Å². The Morgan fingerprint density at radius 1 is 1.13 bits per heavy atom. The summed E-state index contributed by atoms with van der Waals surface area (Å²) in [7, 11) is 0. The molecule has 2 aromatic carbocycles. The summed E-state index contributed by atoms with van der Waals surface area (Å²) in [5.74, 6) is -0.473. The Morgan fingerprint density at radius 2 is 1.87 bits per heavy atom. The summed E-state index contributed by atoms with van der Waals surface area (Å²) in [5, 5.41) is 14.4. The molecule has 2 N–H and O–H groups in total. The van der Waals surface area contributed by atoms with E-state index in [1.165, 1.54) is 12.1 Å². The molecule has 0 saturated heterocycles. The van der Waals surface area contributed by atoms with Crippen LogP contribution < -0.4 is 10.6 Å². The van der Waals surface area contributed by atoms with Crippen LogP contribution in [0.25, 0.3) is 0 Å². The van der Waals surface area contributed by atoms with E-state index in [4.69, 9.17) is 16.9 Å². The van der Waals surface area contributed by atoms with E-state index < -0.39 is 0 Å². The van der Waals surface area contributed by atoms with Gasteiger partial charge in [-0.1, -0.05) is 29.8 Å². The molecule has 2 aromatic rings. The standard InChI is InChI=1S/C17H14ClN3O2/c18-15-10-14(7-6-13(15)11-19)21-16(22)8-9-20-17(23)12-4-2-1-3-5-12/h1-7,10H,8-9H2,(H,20,23)(H,21,22). The molecule has 5 nitrogen and oxygen atoms in total. The topological polar surface area (TPSA) is 82.0 Å². The summed E-state index contributed by atoms with van der Waals surface area (Å²) < 4.78 is 0. The lowest BCUT2D eigenvalue weighted by atomic mass is 10.2. The van der Waals surface area contributed by atoms with Crippen LogP contribution in [0.5, 0.6) is 0 Å². The maximum Gasteiger partial charge on any atom is 0.251 e. The maximum absolute atomic E-state index is 11.8. The number of rotatable bonds is 5. The van der Waals surface area contributed by atoms with Crippen LogP contribution in [-0.2, 0) is 4.79 Å². The van der Waals surface area contributed by atoms with Gasteiger partial charge in [0.2, 0.25) is 5.91 Å². The molecule has 0 radical (unpaired) electrons. The van der Waals surface area contributed by atoms with Crippen molar-refractivity contribution in [3.05, 3.63) is 64.7 Å². The lowest BCUT2D eigenvalue weighted by Crippen LogP contribution is -2.27. The molecule has 0 aromatic heterocycles. The van der Waals surface area contributed by atoms with Gasteiger partial charge in [-0.05, 0) is 30.3 Å². The molecule has 6 heteroatoms. The maximum atomic E-state index is 11.8. The number of carbonyl (C=O) groups excluding carboxylic acids is 2. The highest BCUT2D eigenvalue weighted by molar-refractivity contribution is 6.32. The van der Waals surface area contributed by atoms with E-state index in [-0.39, 0.29) is 29.8 Å². The van der Waals surface area contributed by atoms with Crippen molar-refractivity contribution < 1.29 is 9.59 Å². The van der Waals surface area contributed by atoms with Gasteiger partial charge in [0.15, 0.2) is 0 Å². The smallest absolute Gasteiger partial charge is 0.251 e. The molecule has 0 aliphatic heterocycles. The van der Waals surface area contributed by atoms with E-state index >= 15 is 0 Å². The molecular weight excluding hydrogens is 314 g/mol. The highest BCUT2D eigenvalue weighted by Gasteiger charge is 2.07. The number of carbonyl (C=O) groups is 2. The van der Waals surface area contributed by atoms with Crippen molar-refractivity contribution >= 4 is 29.1 Å². The van der Waals surface area contributed by atoms with E-state index in [2.05, 4.69) is 10.6 Å². The van der Waals surface area contributed by atoms with Crippen molar-refractivity contribution in [1.82, 2.24) is 5.32 Å². The number of halogens is 1. The van der Waals surface area contributed by atoms with Crippen LogP contribution in [0.1, 0.15) is 22.3 Å². The Labute approximate surface area is 138 Å². The van der Waals surface area contributed by atoms with Gasteiger partial charge < -0.3 is 10.6 Å². The summed E-state index contributed by atoms with van der Waals surface area (Å²) in [4.78, 5) is 23.6. The number of nitrogens with zero attached hydrogens (tertiary/aromatic N) is 1. The fourth-order valence-electron chi connectivity index (χ4n) is 1.89. The summed E-state index contributed by atoms with van der Waals surface area (Å²) >= 11 is 5.90. The average molecular weight is 328 g/mol. The Kier molecular flexibility index (Phi) is 5.73. The first-order valence-electron chi connectivity index (χ1n) is 6.93. The highest BCUT2D eigenvalue weighted by Crippen LogP contribution is 2.20. The molecule has 0 aliphatic rings. The SMILES string of the molecule is N#Cc1ccc(NC(=O)CCNC(=O)c2ccccc2)cc1Cl. The summed E-state index contributed by atoms with van der Waals surface area (Å²) in [6.45, 7) is 0.226. The van der Waals surface area contributed by atoms with Crippen LogP contribution in [0, 0.1) is 11.3 Å². The molecule has 0 unspecified atom stereocenters. The van der Waals surface area contributed by atoms with Gasteiger partial charge in [-0.25, -0.2) is 0 Å². The first-order chi connectivity index (χ1) is 11.1. The van der Waals surface area contributed by atoms with Crippen molar-refractivity contribution in [2.75, 3.05) is 11.9 Å². The third-order valence-corrected chi connectivity index (χ3v) is 3.36. The van der Waals surface area contributed by atoms with Gasteiger partial charge in [0.05, 0.1) is 10.6 Å². The van der Waals surface area contributed by atoms with Gasteiger partial charge in [0, 0.05) is 24.2 Å². The van der Waals surface area contributed by atoms with Gasteiger partial charge in [-0.3, -0.25) is 9.59 Å². The zero-order chi connectivity index (χ0) is 16.7. The Hall–Kier alpha value is -2.84. The van der Waals surface area contributed by atoms with Crippen molar-refractivity contribution in [3.8, 4) is 6.07 Å². The summed E-state index contributed by atoms with van der Waals surface area (Å²) in [6.07, 6.45) is 0.135. The summed E-state index contributed by atoms with van der Waals surface area (Å²) in [6, 6.07) is 15.4. The number of hydrogen-bond donors (Lipinski definition) is 2. The first kappa shape index (κ1) is 16.5. The van der Waals surface area contributed by atoms with Crippen molar-refractivity contribution in [3.63, 3.8) is 0 Å². The number of benzene rings is 2. The fourth-order valence-corrected chi connectivity index (χ4v) is 2.11. The Morgan fingerprint density at radius 3 is 2.52 bits per heavy atom. The molecule has 2 amide bonds.